The number of fused-ring (bicyclic) bond motifs is 3. The second-order valence-electron chi connectivity index (χ2n) is 5.96. The van der Waals surface area contributed by atoms with Crippen LogP contribution in [0.3, 0.4) is 0 Å². The molecule has 0 aliphatic heterocycles. The van der Waals surface area contributed by atoms with Gasteiger partial charge in [-0.25, -0.2) is 9.78 Å². The second-order valence-corrected chi connectivity index (χ2v) is 5.96. The minimum atomic E-state index is -0.869. The first-order chi connectivity index (χ1) is 12.6. The lowest BCUT2D eigenvalue weighted by Gasteiger charge is -2.14. The third-order valence-electron chi connectivity index (χ3n) is 4.25. The van der Waals surface area contributed by atoms with Crippen LogP contribution in [0.2, 0.25) is 0 Å². The Hall–Kier alpha value is -3.38. The fourth-order valence-electron chi connectivity index (χ4n) is 3.00. The molecule has 1 atom stereocenters. The van der Waals surface area contributed by atoms with Gasteiger partial charge in [-0.3, -0.25) is 0 Å². The summed E-state index contributed by atoms with van der Waals surface area (Å²) < 4.78 is 5.39. The third-order valence-corrected chi connectivity index (χ3v) is 4.25. The van der Waals surface area contributed by atoms with Crippen LogP contribution in [0, 0.1) is 0 Å². The van der Waals surface area contributed by atoms with Gasteiger partial charge >= 0.3 is 5.63 Å². The molecule has 130 valence electrons. The number of aliphatic hydroxyl groups is 1. The van der Waals surface area contributed by atoms with E-state index in [9.17, 15) is 15.0 Å². The van der Waals surface area contributed by atoms with Crippen LogP contribution in [0.4, 0.5) is 5.82 Å². The molecule has 0 spiro atoms. The molecule has 4 rings (SSSR count). The molecule has 0 fully saturated rings. The van der Waals surface area contributed by atoms with Gasteiger partial charge in [-0.15, -0.1) is 0 Å². The molecule has 0 bridgehead atoms. The lowest BCUT2D eigenvalue weighted by Crippen LogP contribution is -2.15. The molecule has 0 radical (unpaired) electrons. The van der Waals surface area contributed by atoms with Crippen molar-refractivity contribution >= 4 is 27.6 Å². The molecule has 0 amide bonds. The van der Waals surface area contributed by atoms with Gasteiger partial charge in [0.1, 0.15) is 22.5 Å². The second kappa shape index (κ2) is 6.50. The number of aromatic nitrogens is 1. The van der Waals surface area contributed by atoms with E-state index in [-0.39, 0.29) is 12.3 Å². The predicted molar refractivity (Wildman–Crippen MR) is 99.3 cm³/mol. The maximum absolute atomic E-state index is 12.4. The van der Waals surface area contributed by atoms with E-state index >= 15 is 0 Å². The largest absolute Gasteiger partial charge is 0.508 e. The molecule has 4 aromatic rings. The average molecular weight is 348 g/mol. The molecule has 0 aliphatic rings. The number of para-hydroxylation sites is 1. The first-order valence-corrected chi connectivity index (χ1v) is 8.15. The SMILES string of the molecule is O=c1oc2ccccc2c2ccnc(NCC(O)c3cccc(O)c3)c12. The topological polar surface area (TPSA) is 95.6 Å². The van der Waals surface area contributed by atoms with Gasteiger partial charge in [0, 0.05) is 23.5 Å². The summed E-state index contributed by atoms with van der Waals surface area (Å²) in [6.45, 7) is 0.127. The van der Waals surface area contributed by atoms with Gasteiger partial charge in [0.05, 0.1) is 6.10 Å². The molecule has 1 unspecified atom stereocenters. The summed E-state index contributed by atoms with van der Waals surface area (Å²) in [5.74, 6) is 0.429. The Labute approximate surface area is 148 Å². The highest BCUT2D eigenvalue weighted by Gasteiger charge is 2.14. The summed E-state index contributed by atoms with van der Waals surface area (Å²) in [5.41, 5.74) is 0.596. The number of rotatable bonds is 4. The van der Waals surface area contributed by atoms with Gasteiger partial charge in [-0.1, -0.05) is 30.3 Å². The van der Waals surface area contributed by atoms with Crippen molar-refractivity contribution < 1.29 is 14.6 Å². The first-order valence-electron chi connectivity index (χ1n) is 8.15. The first kappa shape index (κ1) is 16.1. The fourth-order valence-corrected chi connectivity index (χ4v) is 3.00. The number of pyridine rings is 1. The molecule has 2 heterocycles. The Kier molecular flexibility index (Phi) is 4.02. The summed E-state index contributed by atoms with van der Waals surface area (Å²) in [6, 6.07) is 15.5. The summed E-state index contributed by atoms with van der Waals surface area (Å²) in [7, 11) is 0. The summed E-state index contributed by atoms with van der Waals surface area (Å²) in [4.78, 5) is 16.7. The van der Waals surface area contributed by atoms with E-state index < -0.39 is 11.7 Å². The molecule has 0 saturated carbocycles. The van der Waals surface area contributed by atoms with Crippen molar-refractivity contribution in [2.75, 3.05) is 11.9 Å². The smallest absolute Gasteiger partial charge is 0.347 e. The zero-order chi connectivity index (χ0) is 18.1. The van der Waals surface area contributed by atoms with E-state index in [1.165, 1.54) is 12.1 Å². The standard InChI is InChI=1S/C20H16N2O4/c23-13-5-3-4-12(10-13)16(24)11-22-19-18-15(8-9-21-19)14-6-1-2-7-17(14)26-20(18)25/h1-10,16,23-24H,11H2,(H,21,22). The molecule has 3 N–H and O–H groups in total. The number of nitrogens with one attached hydrogen (secondary N) is 1. The lowest BCUT2D eigenvalue weighted by molar-refractivity contribution is 0.191. The number of phenolic OH excluding ortho intramolecular Hbond substituents is 1. The van der Waals surface area contributed by atoms with Gasteiger partial charge < -0.3 is 19.9 Å². The van der Waals surface area contributed by atoms with Crippen LogP contribution < -0.4 is 10.9 Å². The van der Waals surface area contributed by atoms with Crippen molar-refractivity contribution in [2.24, 2.45) is 0 Å². The minimum absolute atomic E-state index is 0.0805. The van der Waals surface area contributed by atoms with Crippen LogP contribution in [-0.2, 0) is 0 Å². The van der Waals surface area contributed by atoms with Crippen LogP contribution in [0.15, 0.2) is 70.0 Å². The van der Waals surface area contributed by atoms with Crippen molar-refractivity contribution in [2.45, 2.75) is 6.10 Å². The van der Waals surface area contributed by atoms with Crippen molar-refractivity contribution in [1.82, 2.24) is 4.98 Å². The third kappa shape index (κ3) is 2.87. The van der Waals surface area contributed by atoms with Gasteiger partial charge in [-0.05, 0) is 29.8 Å². The highest BCUT2D eigenvalue weighted by molar-refractivity contribution is 6.07. The fraction of sp³-hybridized carbons (Fsp3) is 0.100. The quantitative estimate of drug-likeness (QED) is 0.387. The number of hydrogen-bond acceptors (Lipinski definition) is 6. The molecular weight excluding hydrogens is 332 g/mol. The van der Waals surface area contributed by atoms with Gasteiger partial charge in [0.2, 0.25) is 0 Å². The number of anilines is 1. The zero-order valence-electron chi connectivity index (χ0n) is 13.7. The van der Waals surface area contributed by atoms with Crippen LogP contribution in [0.5, 0.6) is 5.75 Å². The van der Waals surface area contributed by atoms with Gasteiger partial charge in [0.25, 0.3) is 0 Å². The summed E-state index contributed by atoms with van der Waals surface area (Å²) in [5, 5.41) is 24.8. The van der Waals surface area contributed by atoms with Crippen molar-refractivity contribution in [1.29, 1.82) is 0 Å². The number of benzene rings is 2. The monoisotopic (exact) mass is 348 g/mol. The molecular formula is C20H16N2O4. The number of phenols is 1. The van der Waals surface area contributed by atoms with Crippen LogP contribution in [0.1, 0.15) is 11.7 Å². The average Bonchev–Trinajstić information content (AvgIpc) is 2.66. The Morgan fingerprint density at radius 2 is 1.92 bits per heavy atom. The molecule has 6 heteroatoms. The maximum atomic E-state index is 12.4. The van der Waals surface area contributed by atoms with Crippen molar-refractivity contribution in [3.05, 3.63) is 76.8 Å². The van der Waals surface area contributed by atoms with E-state index in [1.54, 1.807) is 30.5 Å². The molecule has 2 aromatic heterocycles. The highest BCUT2D eigenvalue weighted by Crippen LogP contribution is 2.26. The van der Waals surface area contributed by atoms with E-state index in [4.69, 9.17) is 4.42 Å². The van der Waals surface area contributed by atoms with Crippen LogP contribution in [-0.4, -0.2) is 21.7 Å². The van der Waals surface area contributed by atoms with E-state index in [1.807, 2.05) is 18.2 Å². The zero-order valence-corrected chi connectivity index (χ0v) is 13.7. The number of hydrogen-bond donors (Lipinski definition) is 3. The summed E-state index contributed by atoms with van der Waals surface area (Å²) >= 11 is 0. The minimum Gasteiger partial charge on any atom is -0.508 e. The normalized spacial score (nSPS) is 12.3. The molecule has 26 heavy (non-hydrogen) atoms. The molecule has 0 saturated heterocycles. The van der Waals surface area contributed by atoms with E-state index in [0.29, 0.717) is 22.4 Å². The Morgan fingerprint density at radius 1 is 1.08 bits per heavy atom. The molecule has 0 aliphatic carbocycles. The molecule has 2 aromatic carbocycles. The van der Waals surface area contributed by atoms with Crippen molar-refractivity contribution in [3.63, 3.8) is 0 Å². The lowest BCUT2D eigenvalue weighted by atomic mass is 10.1. The number of aliphatic hydroxyl groups excluding tert-OH is 1. The van der Waals surface area contributed by atoms with E-state index in [2.05, 4.69) is 10.3 Å². The van der Waals surface area contributed by atoms with Gasteiger partial charge in [-0.2, -0.15) is 0 Å². The Morgan fingerprint density at radius 3 is 2.77 bits per heavy atom. The Balaban J connectivity index is 1.71. The summed E-state index contributed by atoms with van der Waals surface area (Å²) in [6.07, 6.45) is 0.740. The highest BCUT2D eigenvalue weighted by atomic mass is 16.4. The van der Waals surface area contributed by atoms with E-state index in [0.717, 1.165) is 10.8 Å². The maximum Gasteiger partial charge on any atom is 0.347 e. The number of aromatic hydroxyl groups is 1. The molecule has 6 nitrogen and oxygen atoms in total. The van der Waals surface area contributed by atoms with Crippen LogP contribution >= 0.6 is 0 Å². The van der Waals surface area contributed by atoms with Crippen LogP contribution in [0.25, 0.3) is 21.7 Å². The predicted octanol–water partition coefficient (Wildman–Crippen LogP) is 3.19. The van der Waals surface area contributed by atoms with Gasteiger partial charge in [0.15, 0.2) is 0 Å². The Bertz CT molecular complexity index is 1150. The van der Waals surface area contributed by atoms with Crippen molar-refractivity contribution in [3.8, 4) is 5.75 Å². The number of nitrogens with zero attached hydrogens (tertiary/aromatic N) is 1.